The van der Waals surface area contributed by atoms with Crippen molar-refractivity contribution < 1.29 is 17.9 Å². The Bertz CT molecular complexity index is 717. The number of nitrogens with zero attached hydrogens (tertiary/aromatic N) is 1. The molecule has 1 fully saturated rings. The summed E-state index contributed by atoms with van der Waals surface area (Å²) in [4.78, 5) is 14.1. The summed E-state index contributed by atoms with van der Waals surface area (Å²) in [6, 6.07) is 5.62. The summed E-state index contributed by atoms with van der Waals surface area (Å²) in [5, 5.41) is 2.58. The van der Waals surface area contributed by atoms with Gasteiger partial charge >= 0.3 is 6.03 Å². The van der Waals surface area contributed by atoms with Crippen LogP contribution in [0, 0.1) is 6.92 Å². The molecule has 1 aromatic carbocycles. The lowest BCUT2D eigenvalue weighted by Gasteiger charge is -2.29. The summed E-state index contributed by atoms with van der Waals surface area (Å²) in [6.07, 6.45) is 2.46. The number of nitrogens with one attached hydrogen (secondary N) is 1. The van der Waals surface area contributed by atoms with Crippen molar-refractivity contribution in [3.8, 4) is 5.75 Å². The number of sulfone groups is 1. The number of hydrogen-bond donors (Lipinski definition) is 1. The number of carbonyl (C=O) groups excluding carboxylic acids is 1. The van der Waals surface area contributed by atoms with Crippen molar-refractivity contribution >= 4 is 15.9 Å². The van der Waals surface area contributed by atoms with E-state index in [0.717, 1.165) is 16.9 Å². The number of para-hydroxylation sites is 1. The largest absolute Gasteiger partial charge is 0.493 e. The Morgan fingerprint density at radius 2 is 2.13 bits per heavy atom. The Balaban J connectivity index is 1.70. The highest BCUT2D eigenvalue weighted by molar-refractivity contribution is 7.91. The molecule has 0 spiro atoms. The molecule has 6 nitrogen and oxygen atoms in total. The molecule has 23 heavy (non-hydrogen) atoms. The van der Waals surface area contributed by atoms with Crippen LogP contribution in [0.4, 0.5) is 4.79 Å². The fraction of sp³-hybridized carbons (Fsp3) is 0.562. The van der Waals surface area contributed by atoms with Gasteiger partial charge in [0.2, 0.25) is 0 Å². The second kappa shape index (κ2) is 6.03. The molecule has 0 saturated carbocycles. The molecule has 1 aromatic rings. The predicted octanol–water partition coefficient (Wildman–Crippen LogP) is 1.65. The molecule has 1 saturated heterocycles. The van der Waals surface area contributed by atoms with Gasteiger partial charge in [-0.3, -0.25) is 0 Å². The van der Waals surface area contributed by atoms with Crippen LogP contribution in [0.1, 0.15) is 30.0 Å². The molecule has 0 aliphatic carbocycles. The third-order valence-electron chi connectivity index (χ3n) is 4.61. The molecule has 0 aromatic heterocycles. The maximum atomic E-state index is 12.5. The summed E-state index contributed by atoms with van der Waals surface area (Å²) in [5.74, 6) is 0.847. The van der Waals surface area contributed by atoms with Crippen LogP contribution in [0.2, 0.25) is 0 Å². The minimum absolute atomic E-state index is 0.0940. The van der Waals surface area contributed by atoms with Crippen LogP contribution < -0.4 is 10.1 Å². The maximum Gasteiger partial charge on any atom is 0.317 e. The van der Waals surface area contributed by atoms with Gasteiger partial charge in [-0.25, -0.2) is 13.2 Å². The van der Waals surface area contributed by atoms with Crippen LogP contribution >= 0.6 is 0 Å². The van der Waals surface area contributed by atoms with Crippen LogP contribution in [0.3, 0.4) is 0 Å². The third kappa shape index (κ3) is 3.29. The second-order valence-electron chi connectivity index (χ2n) is 6.32. The van der Waals surface area contributed by atoms with E-state index in [1.54, 1.807) is 4.90 Å². The second-order valence-corrected chi connectivity index (χ2v) is 8.64. The van der Waals surface area contributed by atoms with Crippen molar-refractivity contribution in [2.45, 2.75) is 31.1 Å². The molecular formula is C16H22N2O4S. The van der Waals surface area contributed by atoms with Crippen LogP contribution in [0.5, 0.6) is 5.75 Å². The van der Waals surface area contributed by atoms with Crippen molar-refractivity contribution in [3.05, 3.63) is 29.3 Å². The van der Waals surface area contributed by atoms with Crippen molar-refractivity contribution in [2.24, 2.45) is 0 Å². The van der Waals surface area contributed by atoms with Crippen LogP contribution in [0.15, 0.2) is 18.2 Å². The van der Waals surface area contributed by atoms with Crippen molar-refractivity contribution in [3.63, 3.8) is 0 Å². The Kier molecular flexibility index (Phi) is 4.23. The molecular weight excluding hydrogens is 316 g/mol. The monoisotopic (exact) mass is 338 g/mol. The molecule has 0 bridgehead atoms. The van der Waals surface area contributed by atoms with Crippen molar-refractivity contribution in [2.75, 3.05) is 26.0 Å². The first-order chi connectivity index (χ1) is 10.9. The molecule has 2 atom stereocenters. The molecule has 3 rings (SSSR count). The van der Waals surface area contributed by atoms with E-state index < -0.39 is 15.1 Å². The molecule has 2 aliphatic rings. The van der Waals surface area contributed by atoms with Crippen LogP contribution in [0.25, 0.3) is 0 Å². The molecule has 2 aliphatic heterocycles. The average Bonchev–Trinajstić information content (AvgIpc) is 2.98. The number of rotatable bonds is 2. The summed E-state index contributed by atoms with van der Waals surface area (Å²) < 4.78 is 28.9. The van der Waals surface area contributed by atoms with Crippen LogP contribution in [-0.4, -0.2) is 50.6 Å². The van der Waals surface area contributed by atoms with E-state index in [4.69, 9.17) is 4.74 Å². The number of urea groups is 1. The minimum atomic E-state index is -3.10. The topological polar surface area (TPSA) is 75.7 Å². The fourth-order valence-corrected chi connectivity index (χ4v) is 4.22. The number of ether oxygens (including phenoxy) is 1. The van der Waals surface area contributed by atoms with Gasteiger partial charge in [-0.15, -0.1) is 0 Å². The Morgan fingerprint density at radius 3 is 2.83 bits per heavy atom. The van der Waals surface area contributed by atoms with E-state index in [1.807, 2.05) is 25.1 Å². The van der Waals surface area contributed by atoms with Crippen molar-refractivity contribution in [1.82, 2.24) is 10.2 Å². The van der Waals surface area contributed by atoms with E-state index in [-0.39, 0.29) is 18.6 Å². The zero-order valence-corrected chi connectivity index (χ0v) is 14.2. The van der Waals surface area contributed by atoms with Crippen molar-refractivity contribution in [1.29, 1.82) is 0 Å². The first kappa shape index (κ1) is 16.1. The summed E-state index contributed by atoms with van der Waals surface area (Å²) >= 11 is 0. The SMILES string of the molecule is Cc1cccc2c1OCC[C@@H]2NC(=O)N1CC[C@@H](S(C)(=O)=O)C1. The van der Waals surface area contributed by atoms with Gasteiger partial charge in [0.05, 0.1) is 17.9 Å². The highest BCUT2D eigenvalue weighted by atomic mass is 32.2. The first-order valence-corrected chi connectivity index (χ1v) is 9.78. The van der Waals surface area contributed by atoms with Gasteiger partial charge in [-0.05, 0) is 18.9 Å². The van der Waals surface area contributed by atoms with Gasteiger partial charge in [-0.1, -0.05) is 18.2 Å². The highest BCUT2D eigenvalue weighted by Gasteiger charge is 2.34. The highest BCUT2D eigenvalue weighted by Crippen LogP contribution is 2.34. The van der Waals surface area contributed by atoms with Crippen LogP contribution in [-0.2, 0) is 9.84 Å². The van der Waals surface area contributed by atoms with Gasteiger partial charge in [0.1, 0.15) is 5.75 Å². The number of likely N-dealkylation sites (tertiary alicyclic amines) is 1. The Morgan fingerprint density at radius 1 is 1.35 bits per heavy atom. The number of aryl methyl sites for hydroxylation is 1. The number of carbonyl (C=O) groups is 1. The van der Waals surface area contributed by atoms with Gasteiger partial charge in [-0.2, -0.15) is 0 Å². The molecule has 2 heterocycles. The molecule has 7 heteroatoms. The lowest BCUT2D eigenvalue weighted by Crippen LogP contribution is -2.42. The smallest absolute Gasteiger partial charge is 0.317 e. The number of amides is 2. The number of benzene rings is 1. The minimum Gasteiger partial charge on any atom is -0.493 e. The van der Waals surface area contributed by atoms with Gasteiger partial charge in [0.15, 0.2) is 9.84 Å². The zero-order valence-electron chi connectivity index (χ0n) is 13.4. The normalized spacial score (nSPS) is 24.0. The van der Waals surface area contributed by atoms with Gasteiger partial charge in [0, 0.05) is 31.3 Å². The van der Waals surface area contributed by atoms with E-state index >= 15 is 0 Å². The van der Waals surface area contributed by atoms with E-state index in [2.05, 4.69) is 5.32 Å². The lowest BCUT2D eigenvalue weighted by atomic mass is 9.98. The Hall–Kier alpha value is -1.76. The maximum absolute atomic E-state index is 12.5. The number of hydrogen-bond acceptors (Lipinski definition) is 4. The standard InChI is InChI=1S/C16H22N2O4S/c1-11-4-3-5-13-14(7-9-22-15(11)13)17-16(19)18-8-6-12(10-18)23(2,20)21/h3-5,12,14H,6-10H2,1-2H3,(H,17,19)/t12-,14+/m1/s1. The lowest BCUT2D eigenvalue weighted by molar-refractivity contribution is 0.195. The molecule has 0 unspecified atom stereocenters. The first-order valence-electron chi connectivity index (χ1n) is 7.83. The number of fused-ring (bicyclic) bond motifs is 1. The molecule has 2 amide bonds. The van der Waals surface area contributed by atoms with Gasteiger partial charge < -0.3 is 15.0 Å². The van der Waals surface area contributed by atoms with Gasteiger partial charge in [0.25, 0.3) is 0 Å². The van der Waals surface area contributed by atoms with E-state index in [9.17, 15) is 13.2 Å². The van der Waals surface area contributed by atoms with E-state index in [0.29, 0.717) is 26.0 Å². The summed E-state index contributed by atoms with van der Waals surface area (Å²) in [7, 11) is -3.10. The summed E-state index contributed by atoms with van der Waals surface area (Å²) in [5.41, 5.74) is 2.04. The van der Waals surface area contributed by atoms with E-state index in [1.165, 1.54) is 6.26 Å². The zero-order chi connectivity index (χ0) is 16.6. The fourth-order valence-electron chi connectivity index (χ4n) is 3.23. The quantitative estimate of drug-likeness (QED) is 0.889. The molecule has 0 radical (unpaired) electrons. The molecule has 126 valence electrons. The molecule has 1 N–H and O–H groups in total. The predicted molar refractivity (Wildman–Crippen MR) is 87.4 cm³/mol. The average molecular weight is 338 g/mol. The summed E-state index contributed by atoms with van der Waals surface area (Å²) in [6.45, 7) is 3.30. The third-order valence-corrected chi connectivity index (χ3v) is 6.20. The Labute approximate surface area is 136 Å².